The third-order valence-corrected chi connectivity index (χ3v) is 4.19. The number of pyridine rings is 1. The van der Waals surface area contributed by atoms with Gasteiger partial charge >= 0.3 is 6.18 Å². The standard InChI is InChI=1S/C20H20F3N5O/c21-20(22,23)15-9-7-14(8-10-15)17-19(25-12-3-1-5-13-29)26-18(28-27-17)16-6-2-4-11-24-16/h2,4,6-11,29H,1,3,5,12-13H2,(H,25,26,28). The molecule has 2 aromatic heterocycles. The minimum Gasteiger partial charge on any atom is -0.396 e. The zero-order chi connectivity index (χ0) is 20.7. The summed E-state index contributed by atoms with van der Waals surface area (Å²) in [5.41, 5.74) is 0.650. The molecule has 0 unspecified atom stereocenters. The van der Waals surface area contributed by atoms with Crippen LogP contribution in [0.2, 0.25) is 0 Å². The van der Waals surface area contributed by atoms with Gasteiger partial charge in [0, 0.05) is 24.9 Å². The highest BCUT2D eigenvalue weighted by Crippen LogP contribution is 2.32. The molecule has 2 N–H and O–H groups in total. The molecule has 0 amide bonds. The maximum absolute atomic E-state index is 12.8. The zero-order valence-corrected chi connectivity index (χ0v) is 15.5. The fourth-order valence-corrected chi connectivity index (χ4v) is 2.68. The van der Waals surface area contributed by atoms with Crippen LogP contribution in [0.4, 0.5) is 19.0 Å². The second-order valence-corrected chi connectivity index (χ2v) is 6.33. The van der Waals surface area contributed by atoms with Gasteiger partial charge in [-0.25, -0.2) is 4.98 Å². The van der Waals surface area contributed by atoms with Crippen LogP contribution in [0.5, 0.6) is 0 Å². The van der Waals surface area contributed by atoms with Crippen molar-refractivity contribution in [3.8, 4) is 22.8 Å². The number of aromatic nitrogens is 4. The van der Waals surface area contributed by atoms with Gasteiger partial charge in [0.2, 0.25) is 5.82 Å². The Labute approximate surface area is 165 Å². The summed E-state index contributed by atoms with van der Waals surface area (Å²) >= 11 is 0. The fourth-order valence-electron chi connectivity index (χ4n) is 2.68. The molecule has 1 aromatic carbocycles. The van der Waals surface area contributed by atoms with E-state index >= 15 is 0 Å². The molecule has 6 nitrogen and oxygen atoms in total. The third kappa shape index (κ3) is 5.47. The number of alkyl halides is 3. The Morgan fingerprint density at radius 2 is 1.72 bits per heavy atom. The molecule has 0 radical (unpaired) electrons. The number of rotatable bonds is 8. The highest BCUT2D eigenvalue weighted by atomic mass is 19.4. The number of halogens is 3. The summed E-state index contributed by atoms with van der Waals surface area (Å²) in [4.78, 5) is 8.70. The Morgan fingerprint density at radius 1 is 0.931 bits per heavy atom. The first-order valence-electron chi connectivity index (χ1n) is 9.17. The Balaban J connectivity index is 1.90. The molecule has 3 rings (SSSR count). The van der Waals surface area contributed by atoms with Crippen LogP contribution in [0.1, 0.15) is 24.8 Å². The molecule has 0 saturated carbocycles. The molecule has 0 saturated heterocycles. The second kappa shape index (κ2) is 9.42. The highest BCUT2D eigenvalue weighted by Gasteiger charge is 2.30. The number of aliphatic hydroxyl groups is 1. The minimum atomic E-state index is -4.40. The van der Waals surface area contributed by atoms with Gasteiger partial charge in [-0.15, -0.1) is 10.2 Å². The summed E-state index contributed by atoms with van der Waals surface area (Å²) in [7, 11) is 0. The zero-order valence-electron chi connectivity index (χ0n) is 15.5. The van der Waals surface area contributed by atoms with Crippen LogP contribution >= 0.6 is 0 Å². The van der Waals surface area contributed by atoms with Crippen molar-refractivity contribution in [1.29, 1.82) is 0 Å². The first-order valence-corrected chi connectivity index (χ1v) is 9.17. The predicted molar refractivity (Wildman–Crippen MR) is 103 cm³/mol. The quantitative estimate of drug-likeness (QED) is 0.549. The lowest BCUT2D eigenvalue weighted by atomic mass is 10.1. The number of hydrogen-bond donors (Lipinski definition) is 2. The van der Waals surface area contributed by atoms with Gasteiger partial charge in [0.1, 0.15) is 11.4 Å². The first kappa shape index (κ1) is 20.7. The molecule has 2 heterocycles. The van der Waals surface area contributed by atoms with Crippen LogP contribution in [0.15, 0.2) is 48.7 Å². The Hall–Kier alpha value is -3.07. The lowest BCUT2D eigenvalue weighted by Gasteiger charge is -2.12. The first-order chi connectivity index (χ1) is 14.0. The predicted octanol–water partition coefficient (Wildman–Crippen LogP) is 4.19. The van der Waals surface area contributed by atoms with Gasteiger partial charge in [0.15, 0.2) is 5.82 Å². The van der Waals surface area contributed by atoms with Gasteiger partial charge in [-0.05, 0) is 43.5 Å². The summed E-state index contributed by atoms with van der Waals surface area (Å²) in [5, 5.41) is 20.4. The molecule has 0 aliphatic rings. The molecule has 3 aromatic rings. The van der Waals surface area contributed by atoms with Gasteiger partial charge in [0.05, 0.1) is 5.56 Å². The molecular formula is C20H20F3N5O. The van der Waals surface area contributed by atoms with Gasteiger partial charge < -0.3 is 10.4 Å². The summed E-state index contributed by atoms with van der Waals surface area (Å²) in [6.07, 6.45) is -0.446. The van der Waals surface area contributed by atoms with E-state index in [4.69, 9.17) is 5.11 Å². The van der Waals surface area contributed by atoms with Gasteiger partial charge in [0.25, 0.3) is 0 Å². The highest BCUT2D eigenvalue weighted by molar-refractivity contribution is 5.72. The number of anilines is 1. The lowest BCUT2D eigenvalue weighted by molar-refractivity contribution is -0.137. The number of benzene rings is 1. The van der Waals surface area contributed by atoms with Crippen molar-refractivity contribution in [3.05, 3.63) is 54.2 Å². The van der Waals surface area contributed by atoms with Gasteiger partial charge in [-0.2, -0.15) is 13.2 Å². The van der Waals surface area contributed by atoms with Crippen molar-refractivity contribution in [2.45, 2.75) is 25.4 Å². The van der Waals surface area contributed by atoms with Crippen molar-refractivity contribution in [2.75, 3.05) is 18.5 Å². The van der Waals surface area contributed by atoms with E-state index in [1.165, 1.54) is 12.1 Å². The number of hydrogen-bond acceptors (Lipinski definition) is 6. The molecule has 0 aliphatic carbocycles. The SMILES string of the molecule is OCCCCCNc1nc(-c2ccccn2)nnc1-c1ccc(C(F)(F)F)cc1. The Bertz CT molecular complexity index is 918. The summed E-state index contributed by atoms with van der Waals surface area (Å²) in [5.74, 6) is 0.739. The van der Waals surface area contributed by atoms with Gasteiger partial charge in [-0.3, -0.25) is 4.98 Å². The molecule has 9 heteroatoms. The Kier molecular flexibility index (Phi) is 6.71. The number of aliphatic hydroxyl groups excluding tert-OH is 1. The smallest absolute Gasteiger partial charge is 0.396 e. The lowest BCUT2D eigenvalue weighted by Crippen LogP contribution is -2.09. The number of nitrogens with one attached hydrogen (secondary N) is 1. The summed E-state index contributed by atoms with van der Waals surface area (Å²) in [6, 6.07) is 10.0. The summed E-state index contributed by atoms with van der Waals surface area (Å²) < 4.78 is 38.5. The fraction of sp³-hybridized carbons (Fsp3) is 0.300. The van der Waals surface area contributed by atoms with E-state index in [0.29, 0.717) is 41.6 Å². The van der Waals surface area contributed by atoms with Crippen molar-refractivity contribution in [1.82, 2.24) is 20.2 Å². The third-order valence-electron chi connectivity index (χ3n) is 4.19. The van der Waals surface area contributed by atoms with Crippen molar-refractivity contribution < 1.29 is 18.3 Å². The molecule has 0 bridgehead atoms. The van der Waals surface area contributed by atoms with Crippen molar-refractivity contribution in [2.24, 2.45) is 0 Å². The van der Waals surface area contributed by atoms with E-state index in [9.17, 15) is 13.2 Å². The van der Waals surface area contributed by atoms with E-state index in [2.05, 4.69) is 25.5 Å². The molecule has 0 spiro atoms. The average Bonchev–Trinajstić information content (AvgIpc) is 2.73. The topological polar surface area (TPSA) is 83.8 Å². The minimum absolute atomic E-state index is 0.135. The monoisotopic (exact) mass is 403 g/mol. The van der Waals surface area contributed by atoms with Crippen LogP contribution in [0.3, 0.4) is 0 Å². The van der Waals surface area contributed by atoms with Crippen molar-refractivity contribution >= 4 is 5.82 Å². The van der Waals surface area contributed by atoms with Crippen LogP contribution in [-0.4, -0.2) is 38.4 Å². The maximum atomic E-state index is 12.8. The number of nitrogens with zero attached hydrogens (tertiary/aromatic N) is 4. The maximum Gasteiger partial charge on any atom is 0.416 e. The molecule has 152 valence electrons. The van der Waals surface area contributed by atoms with E-state index in [-0.39, 0.29) is 6.61 Å². The normalized spacial score (nSPS) is 11.4. The van der Waals surface area contributed by atoms with Crippen LogP contribution < -0.4 is 5.32 Å². The summed E-state index contributed by atoms with van der Waals surface area (Å²) in [6.45, 7) is 0.712. The molecule has 0 atom stereocenters. The van der Waals surface area contributed by atoms with E-state index in [0.717, 1.165) is 25.0 Å². The Morgan fingerprint density at radius 3 is 2.38 bits per heavy atom. The van der Waals surface area contributed by atoms with Crippen LogP contribution in [-0.2, 0) is 6.18 Å². The van der Waals surface area contributed by atoms with E-state index in [1.54, 1.807) is 24.4 Å². The molecular weight excluding hydrogens is 383 g/mol. The largest absolute Gasteiger partial charge is 0.416 e. The second-order valence-electron chi connectivity index (χ2n) is 6.33. The van der Waals surface area contributed by atoms with Crippen molar-refractivity contribution in [3.63, 3.8) is 0 Å². The molecule has 29 heavy (non-hydrogen) atoms. The number of unbranched alkanes of at least 4 members (excludes halogenated alkanes) is 2. The molecule has 0 aliphatic heterocycles. The van der Waals surface area contributed by atoms with Gasteiger partial charge in [-0.1, -0.05) is 18.2 Å². The molecule has 0 fully saturated rings. The van der Waals surface area contributed by atoms with Crippen LogP contribution in [0.25, 0.3) is 22.8 Å². The van der Waals surface area contributed by atoms with Crippen LogP contribution in [0, 0.1) is 0 Å². The van der Waals surface area contributed by atoms with E-state index in [1.807, 2.05) is 0 Å². The average molecular weight is 403 g/mol. The van der Waals surface area contributed by atoms with E-state index < -0.39 is 11.7 Å².